The minimum absolute atomic E-state index is 0.0288. The third kappa shape index (κ3) is 7.16. The van der Waals surface area contributed by atoms with Crippen LogP contribution in [0.5, 0.6) is 0 Å². The molecule has 1 aliphatic carbocycles. The molecule has 0 spiro atoms. The monoisotopic (exact) mass is 705 g/mol. The van der Waals surface area contributed by atoms with Crippen molar-refractivity contribution < 1.29 is 31.1 Å². The number of amides is 1. The summed E-state index contributed by atoms with van der Waals surface area (Å²) in [6.45, 7) is 3.16. The zero-order valence-electron chi connectivity index (χ0n) is 26.9. The van der Waals surface area contributed by atoms with Gasteiger partial charge in [0.25, 0.3) is 12.3 Å². The van der Waals surface area contributed by atoms with Gasteiger partial charge in [-0.2, -0.15) is 19.0 Å². The quantitative estimate of drug-likeness (QED) is 0.106. The first kappa shape index (κ1) is 35.5. The number of nitrogens with two attached hydrogens (primary N) is 1. The molecule has 1 unspecified atom stereocenters. The Hall–Kier alpha value is -4.80. The van der Waals surface area contributed by atoms with E-state index in [0.717, 1.165) is 17.5 Å². The van der Waals surface area contributed by atoms with Crippen LogP contribution in [0.3, 0.4) is 0 Å². The van der Waals surface area contributed by atoms with Crippen LogP contribution in [0.2, 0.25) is 0 Å². The SMILES string of the molecule is CC.CSNc1nn(C)c2c(-c3nc(N)cnc3C(Cc3cc(F)cc(F)c3)NC(=O)Cn3nc(C(F)F)c4c3C(F)(F)CC4)cccc12. The largest absolute Gasteiger partial charge is 0.382 e. The summed E-state index contributed by atoms with van der Waals surface area (Å²) in [5.74, 6) is -5.49. The van der Waals surface area contributed by atoms with Crippen molar-refractivity contribution in [2.45, 2.75) is 58.0 Å². The standard InChI is InChI=1S/C30H27F6N9OS.C2H6/c1-44-26-17(4-3-5-19(26)29(42-44)43-47-2)23-25(38-12-21(37)40-23)20(10-14-8-15(31)11-16(32)9-14)39-22(46)13-45-27-18(6-7-30(27,35)36)24(41-45)28(33)34;1-2/h3-5,8-9,11-12,20,28H,6-7,10,13H2,1-2H3,(H2,37,40)(H,39,46)(H,42,43);1-2H3. The van der Waals surface area contributed by atoms with Gasteiger partial charge in [-0.25, -0.2) is 22.5 Å². The van der Waals surface area contributed by atoms with Gasteiger partial charge in [0.15, 0.2) is 5.82 Å². The highest BCUT2D eigenvalue weighted by atomic mass is 32.2. The highest BCUT2D eigenvalue weighted by Crippen LogP contribution is 2.45. The van der Waals surface area contributed by atoms with Crippen LogP contribution in [-0.4, -0.2) is 41.7 Å². The summed E-state index contributed by atoms with van der Waals surface area (Å²) in [6.07, 6.45) is -1.26. The van der Waals surface area contributed by atoms with Crippen LogP contribution >= 0.6 is 11.9 Å². The fraction of sp³-hybridized carbons (Fsp3) is 0.344. The summed E-state index contributed by atoms with van der Waals surface area (Å²) >= 11 is 1.34. The summed E-state index contributed by atoms with van der Waals surface area (Å²) in [7, 11) is 1.72. The molecular weight excluding hydrogens is 672 g/mol. The van der Waals surface area contributed by atoms with E-state index in [1.54, 1.807) is 23.9 Å². The molecule has 17 heteroatoms. The van der Waals surface area contributed by atoms with Crippen LogP contribution in [0.25, 0.3) is 22.2 Å². The van der Waals surface area contributed by atoms with Gasteiger partial charge in [0.2, 0.25) is 5.91 Å². The predicted octanol–water partition coefficient (Wildman–Crippen LogP) is 6.88. The fourth-order valence-electron chi connectivity index (χ4n) is 5.99. The molecule has 0 bridgehead atoms. The minimum atomic E-state index is -3.46. The second kappa shape index (κ2) is 14.4. The first-order valence-corrected chi connectivity index (χ1v) is 16.5. The van der Waals surface area contributed by atoms with E-state index >= 15 is 0 Å². The number of aromatic nitrogens is 6. The Morgan fingerprint density at radius 1 is 1.10 bits per heavy atom. The number of benzene rings is 2. The van der Waals surface area contributed by atoms with Gasteiger partial charge in [0, 0.05) is 42.3 Å². The van der Waals surface area contributed by atoms with Crippen molar-refractivity contribution in [2.24, 2.45) is 7.05 Å². The van der Waals surface area contributed by atoms with Crippen molar-refractivity contribution in [1.29, 1.82) is 0 Å². The third-order valence-electron chi connectivity index (χ3n) is 7.78. The number of hydrogen-bond acceptors (Lipinski definition) is 8. The van der Waals surface area contributed by atoms with Crippen LogP contribution in [0.1, 0.15) is 60.9 Å². The van der Waals surface area contributed by atoms with Crippen LogP contribution < -0.4 is 15.8 Å². The van der Waals surface area contributed by atoms with Crippen molar-refractivity contribution in [3.8, 4) is 11.3 Å². The Morgan fingerprint density at radius 2 is 1.82 bits per heavy atom. The Balaban J connectivity index is 0.00000230. The number of rotatable bonds is 10. The molecule has 3 heterocycles. The second-order valence-corrected chi connectivity index (χ2v) is 11.6. The maximum absolute atomic E-state index is 14.8. The maximum atomic E-state index is 14.8. The molecule has 4 N–H and O–H groups in total. The molecule has 0 aliphatic heterocycles. The van der Waals surface area contributed by atoms with E-state index in [1.807, 2.05) is 26.2 Å². The van der Waals surface area contributed by atoms with Crippen LogP contribution in [0.4, 0.5) is 38.0 Å². The summed E-state index contributed by atoms with van der Waals surface area (Å²) in [6, 6.07) is 7.02. The molecule has 3 aromatic heterocycles. The average molecular weight is 706 g/mol. The molecular formula is C32H33F6N9OS. The molecule has 2 aromatic carbocycles. The van der Waals surface area contributed by atoms with Gasteiger partial charge in [-0.1, -0.05) is 37.9 Å². The number of halogens is 6. The van der Waals surface area contributed by atoms with Gasteiger partial charge < -0.3 is 15.8 Å². The lowest BCUT2D eigenvalue weighted by Crippen LogP contribution is -2.35. The van der Waals surface area contributed by atoms with E-state index in [1.165, 1.54) is 18.1 Å². The highest BCUT2D eigenvalue weighted by molar-refractivity contribution is 7.99. The summed E-state index contributed by atoms with van der Waals surface area (Å²) < 4.78 is 90.6. The number of anilines is 2. The molecule has 49 heavy (non-hydrogen) atoms. The average Bonchev–Trinajstić information content (AvgIpc) is 3.68. The molecule has 0 fully saturated rings. The zero-order chi connectivity index (χ0) is 35.6. The van der Waals surface area contributed by atoms with Crippen LogP contribution in [0.15, 0.2) is 42.6 Å². The number of nitrogens with one attached hydrogen (secondary N) is 2. The highest BCUT2D eigenvalue weighted by Gasteiger charge is 2.46. The van der Waals surface area contributed by atoms with Gasteiger partial charge in [0.05, 0.1) is 29.1 Å². The number of carbonyl (C=O) groups is 1. The number of para-hydroxylation sites is 1. The molecule has 10 nitrogen and oxygen atoms in total. The molecule has 1 amide bonds. The van der Waals surface area contributed by atoms with Gasteiger partial charge in [-0.3, -0.25) is 19.1 Å². The number of nitrogen functional groups attached to an aromatic ring is 1. The lowest BCUT2D eigenvalue weighted by molar-refractivity contribution is -0.122. The zero-order valence-corrected chi connectivity index (χ0v) is 27.7. The van der Waals surface area contributed by atoms with Crippen molar-refractivity contribution in [3.63, 3.8) is 0 Å². The Kier molecular flexibility index (Phi) is 10.4. The van der Waals surface area contributed by atoms with E-state index in [4.69, 9.17) is 5.73 Å². The van der Waals surface area contributed by atoms with Crippen molar-refractivity contribution in [3.05, 3.63) is 82.4 Å². The Bertz CT molecular complexity index is 1980. The van der Waals surface area contributed by atoms with Crippen molar-refractivity contribution in [1.82, 2.24) is 34.8 Å². The number of fused-ring (bicyclic) bond motifs is 2. The summed E-state index contributed by atoms with van der Waals surface area (Å²) in [5, 5.41) is 11.6. The topological polar surface area (TPSA) is 129 Å². The van der Waals surface area contributed by atoms with Crippen LogP contribution in [0, 0.1) is 11.6 Å². The fourth-order valence-corrected chi connectivity index (χ4v) is 6.33. The van der Waals surface area contributed by atoms with Crippen molar-refractivity contribution >= 4 is 40.4 Å². The molecule has 0 radical (unpaired) electrons. The summed E-state index contributed by atoms with van der Waals surface area (Å²) in [4.78, 5) is 22.5. The summed E-state index contributed by atoms with van der Waals surface area (Å²) in [5.41, 5.74) is 5.85. The molecule has 5 aromatic rings. The second-order valence-electron chi connectivity index (χ2n) is 11.0. The van der Waals surface area contributed by atoms with E-state index in [-0.39, 0.29) is 41.2 Å². The number of aryl methyl sites for hydroxylation is 1. The lowest BCUT2D eigenvalue weighted by Gasteiger charge is -2.22. The normalized spacial score (nSPS) is 14.0. The van der Waals surface area contributed by atoms with E-state index in [2.05, 4.69) is 30.2 Å². The van der Waals surface area contributed by atoms with Gasteiger partial charge >= 0.3 is 0 Å². The molecule has 1 aliphatic rings. The molecule has 260 valence electrons. The Labute approximate surface area is 281 Å². The van der Waals surface area contributed by atoms with E-state index in [0.29, 0.717) is 27.6 Å². The Morgan fingerprint density at radius 3 is 2.49 bits per heavy atom. The lowest BCUT2D eigenvalue weighted by atomic mass is 9.97. The number of hydrogen-bond donors (Lipinski definition) is 3. The first-order valence-electron chi connectivity index (χ1n) is 15.2. The van der Waals surface area contributed by atoms with Gasteiger partial charge in [-0.15, -0.1) is 0 Å². The molecule has 0 saturated heterocycles. The van der Waals surface area contributed by atoms with E-state index in [9.17, 15) is 31.1 Å². The maximum Gasteiger partial charge on any atom is 0.290 e. The molecule has 0 saturated carbocycles. The predicted molar refractivity (Wildman–Crippen MR) is 175 cm³/mol. The minimum Gasteiger partial charge on any atom is -0.382 e. The first-order chi connectivity index (χ1) is 23.4. The molecule has 1 atom stereocenters. The number of carbonyl (C=O) groups excluding carboxylic acids is 1. The number of alkyl halides is 4. The smallest absolute Gasteiger partial charge is 0.290 e. The van der Waals surface area contributed by atoms with Crippen LogP contribution in [-0.2, 0) is 37.2 Å². The molecule has 6 rings (SSSR count). The van der Waals surface area contributed by atoms with Gasteiger partial charge in [0.1, 0.15) is 35.4 Å². The van der Waals surface area contributed by atoms with Crippen molar-refractivity contribution in [2.75, 3.05) is 16.7 Å². The number of nitrogens with zero attached hydrogens (tertiary/aromatic N) is 6. The third-order valence-corrected chi connectivity index (χ3v) is 8.18. The van der Waals surface area contributed by atoms with Gasteiger partial charge in [-0.05, 0) is 36.6 Å². The van der Waals surface area contributed by atoms with E-state index < -0.39 is 60.3 Å².